The first kappa shape index (κ1) is 20.9. The zero-order valence-electron chi connectivity index (χ0n) is 18.8. The summed E-state index contributed by atoms with van der Waals surface area (Å²) >= 11 is 3.27. The van der Waals surface area contributed by atoms with Crippen LogP contribution in [0.5, 0.6) is 0 Å². The number of rotatable bonds is 6. The van der Waals surface area contributed by atoms with Crippen LogP contribution in [0.4, 0.5) is 11.4 Å². The molecule has 3 heterocycles. The van der Waals surface area contributed by atoms with E-state index in [1.54, 1.807) is 0 Å². The predicted octanol–water partition coefficient (Wildman–Crippen LogP) is 4.89. The van der Waals surface area contributed by atoms with E-state index in [4.69, 9.17) is 4.98 Å². The normalized spacial score (nSPS) is 15.7. The Kier molecular flexibility index (Phi) is 5.25. The van der Waals surface area contributed by atoms with E-state index in [2.05, 4.69) is 19.9 Å². The van der Waals surface area contributed by atoms with Crippen LogP contribution in [0.3, 0.4) is 0 Å². The fraction of sp³-hybridized carbons (Fsp3) is 0.417. The molecule has 0 saturated heterocycles. The summed E-state index contributed by atoms with van der Waals surface area (Å²) in [5.41, 5.74) is 4.23. The molecule has 1 N–H and O–H groups in total. The summed E-state index contributed by atoms with van der Waals surface area (Å²) in [5.74, 6) is 1.75. The molecule has 2 aliphatic carbocycles. The number of carbonyl (C=O) groups excluding carboxylic acids is 1. The molecule has 0 spiro atoms. The van der Waals surface area contributed by atoms with E-state index in [9.17, 15) is 4.79 Å². The molecule has 0 atom stereocenters. The van der Waals surface area contributed by atoms with Crippen LogP contribution in [-0.4, -0.2) is 45.3 Å². The molecule has 1 aromatic carbocycles. The van der Waals surface area contributed by atoms with E-state index < -0.39 is 0 Å². The van der Waals surface area contributed by atoms with Gasteiger partial charge in [-0.25, -0.2) is 4.98 Å². The van der Waals surface area contributed by atoms with Crippen LogP contribution in [0.25, 0.3) is 15.9 Å². The molecule has 0 unspecified atom stereocenters. The number of thiophene rings is 1. The molecule has 3 aromatic heterocycles. The highest BCUT2D eigenvalue weighted by Gasteiger charge is 2.32. The Balaban J connectivity index is 1.27. The lowest BCUT2D eigenvalue weighted by molar-refractivity contribution is -0.113. The fourth-order valence-electron chi connectivity index (χ4n) is 4.53. The van der Waals surface area contributed by atoms with E-state index in [-0.39, 0.29) is 11.7 Å². The first-order valence-electron chi connectivity index (χ1n) is 11.5. The van der Waals surface area contributed by atoms with Crippen molar-refractivity contribution in [1.82, 2.24) is 19.6 Å². The molecule has 9 heteroatoms. The second kappa shape index (κ2) is 8.29. The van der Waals surface area contributed by atoms with Crippen LogP contribution in [0.15, 0.2) is 29.4 Å². The van der Waals surface area contributed by atoms with Crippen molar-refractivity contribution in [1.29, 1.82) is 0 Å². The van der Waals surface area contributed by atoms with E-state index in [1.165, 1.54) is 40.4 Å². The number of nitrogens with zero attached hydrogens (tertiary/aromatic N) is 5. The lowest BCUT2D eigenvalue weighted by Gasteiger charge is -2.13. The summed E-state index contributed by atoms with van der Waals surface area (Å²) in [7, 11) is 4.00. The number of carbonyl (C=O) groups is 1. The summed E-state index contributed by atoms with van der Waals surface area (Å²) in [6, 6.07) is 7.84. The summed E-state index contributed by atoms with van der Waals surface area (Å²) in [6.45, 7) is 0. The Labute approximate surface area is 200 Å². The Bertz CT molecular complexity index is 1350. The maximum absolute atomic E-state index is 12.6. The van der Waals surface area contributed by atoms with Crippen LogP contribution in [0.2, 0.25) is 0 Å². The minimum Gasteiger partial charge on any atom is -0.378 e. The van der Waals surface area contributed by atoms with E-state index in [0.717, 1.165) is 58.5 Å². The highest BCUT2D eigenvalue weighted by molar-refractivity contribution is 7.99. The summed E-state index contributed by atoms with van der Waals surface area (Å²) in [5, 5.41) is 14.0. The topological polar surface area (TPSA) is 75.4 Å². The first-order chi connectivity index (χ1) is 16.1. The summed E-state index contributed by atoms with van der Waals surface area (Å²) in [4.78, 5) is 22.4. The number of amides is 1. The third-order valence-electron chi connectivity index (χ3n) is 6.40. The second-order valence-electron chi connectivity index (χ2n) is 9.06. The van der Waals surface area contributed by atoms with Crippen molar-refractivity contribution < 1.29 is 4.79 Å². The van der Waals surface area contributed by atoms with Crippen molar-refractivity contribution in [2.24, 2.45) is 0 Å². The van der Waals surface area contributed by atoms with Gasteiger partial charge in [-0.1, -0.05) is 11.8 Å². The fourth-order valence-corrected chi connectivity index (χ4v) is 6.54. The molecule has 6 rings (SSSR count). The molecule has 0 aliphatic heterocycles. The van der Waals surface area contributed by atoms with Gasteiger partial charge in [-0.15, -0.1) is 21.5 Å². The number of fused-ring (bicyclic) bond motifs is 5. The standard InChI is InChI=1S/C24H26N6OS2/c1-29(2)16-11-9-15(10-12-16)25-19(31)13-32-24-28-27-22-20-17-5-3-4-6-18(17)33-23(20)26-21(30(22)24)14-7-8-14/h9-12,14H,3-8,13H2,1-2H3,(H,25,31). The van der Waals surface area contributed by atoms with Crippen molar-refractivity contribution >= 4 is 56.2 Å². The minimum absolute atomic E-state index is 0.0516. The highest BCUT2D eigenvalue weighted by atomic mass is 32.2. The molecular formula is C24H26N6OS2. The van der Waals surface area contributed by atoms with Gasteiger partial charge in [-0.3, -0.25) is 9.20 Å². The number of benzene rings is 1. The molecule has 2 aliphatic rings. The Morgan fingerprint density at radius 3 is 2.73 bits per heavy atom. The quantitative estimate of drug-likeness (QED) is 0.398. The van der Waals surface area contributed by atoms with Gasteiger partial charge in [0, 0.05) is 36.3 Å². The summed E-state index contributed by atoms with van der Waals surface area (Å²) < 4.78 is 2.13. The van der Waals surface area contributed by atoms with E-state index in [0.29, 0.717) is 5.92 Å². The van der Waals surface area contributed by atoms with E-state index in [1.807, 2.05) is 54.6 Å². The number of nitrogens with one attached hydrogen (secondary N) is 1. The molecule has 7 nitrogen and oxygen atoms in total. The first-order valence-corrected chi connectivity index (χ1v) is 13.3. The monoisotopic (exact) mass is 478 g/mol. The molecule has 4 aromatic rings. The second-order valence-corrected chi connectivity index (χ2v) is 11.1. The third-order valence-corrected chi connectivity index (χ3v) is 8.51. The number of aromatic nitrogens is 4. The maximum atomic E-state index is 12.6. The molecule has 1 amide bonds. The zero-order chi connectivity index (χ0) is 22.5. The Morgan fingerprint density at radius 2 is 1.97 bits per heavy atom. The van der Waals surface area contributed by atoms with Gasteiger partial charge in [-0.2, -0.15) is 0 Å². The summed E-state index contributed by atoms with van der Waals surface area (Å²) in [6.07, 6.45) is 7.04. The van der Waals surface area contributed by atoms with Gasteiger partial charge in [0.25, 0.3) is 0 Å². The average molecular weight is 479 g/mol. The number of hydrogen-bond acceptors (Lipinski definition) is 7. The Morgan fingerprint density at radius 1 is 1.18 bits per heavy atom. The minimum atomic E-state index is -0.0516. The van der Waals surface area contributed by atoms with Crippen LogP contribution in [0, 0.1) is 0 Å². The molecule has 1 saturated carbocycles. The van der Waals surface area contributed by atoms with Crippen molar-refractivity contribution in [3.8, 4) is 0 Å². The van der Waals surface area contributed by atoms with Crippen LogP contribution < -0.4 is 10.2 Å². The van der Waals surface area contributed by atoms with E-state index >= 15 is 0 Å². The lowest BCUT2D eigenvalue weighted by atomic mass is 9.97. The van der Waals surface area contributed by atoms with Crippen molar-refractivity contribution in [3.63, 3.8) is 0 Å². The molecule has 1 fully saturated rings. The maximum Gasteiger partial charge on any atom is 0.234 e. The van der Waals surface area contributed by atoms with Crippen LogP contribution in [-0.2, 0) is 17.6 Å². The number of thioether (sulfide) groups is 1. The lowest BCUT2D eigenvalue weighted by Crippen LogP contribution is -2.15. The highest BCUT2D eigenvalue weighted by Crippen LogP contribution is 2.44. The predicted molar refractivity (Wildman–Crippen MR) is 135 cm³/mol. The number of aryl methyl sites for hydroxylation is 2. The van der Waals surface area contributed by atoms with Crippen LogP contribution >= 0.6 is 23.1 Å². The van der Waals surface area contributed by atoms with Gasteiger partial charge in [-0.05, 0) is 68.4 Å². The van der Waals surface area contributed by atoms with Crippen molar-refractivity contribution in [2.45, 2.75) is 49.6 Å². The van der Waals surface area contributed by atoms with Gasteiger partial charge in [0.2, 0.25) is 5.91 Å². The van der Waals surface area contributed by atoms with Crippen molar-refractivity contribution in [3.05, 3.63) is 40.5 Å². The van der Waals surface area contributed by atoms with Gasteiger partial charge >= 0.3 is 0 Å². The smallest absolute Gasteiger partial charge is 0.234 e. The molecule has 33 heavy (non-hydrogen) atoms. The van der Waals surface area contributed by atoms with Gasteiger partial charge in [0.1, 0.15) is 10.7 Å². The largest absolute Gasteiger partial charge is 0.378 e. The third kappa shape index (κ3) is 3.87. The SMILES string of the molecule is CN(C)c1ccc(NC(=O)CSc2nnc3c4c5c(sc4nc(C4CC4)n23)CCCC5)cc1. The number of hydrogen-bond donors (Lipinski definition) is 1. The zero-order valence-corrected chi connectivity index (χ0v) is 20.4. The molecular weight excluding hydrogens is 452 g/mol. The van der Waals surface area contributed by atoms with Crippen LogP contribution in [0.1, 0.15) is 47.9 Å². The van der Waals surface area contributed by atoms with Gasteiger partial charge in [0.15, 0.2) is 10.8 Å². The van der Waals surface area contributed by atoms with Crippen molar-refractivity contribution in [2.75, 3.05) is 30.1 Å². The Hall–Kier alpha value is -2.65. The average Bonchev–Trinajstić information content (AvgIpc) is 3.47. The molecule has 170 valence electrons. The number of anilines is 2. The molecule has 0 radical (unpaired) electrons. The molecule has 0 bridgehead atoms. The van der Waals surface area contributed by atoms with Gasteiger partial charge in [0.05, 0.1) is 11.1 Å². The van der Waals surface area contributed by atoms with Gasteiger partial charge < -0.3 is 10.2 Å².